The molecular formula is C11H13NO. The van der Waals surface area contributed by atoms with Gasteiger partial charge in [-0.3, -0.25) is 4.79 Å². The summed E-state index contributed by atoms with van der Waals surface area (Å²) in [5, 5.41) is 2.96. The topological polar surface area (TPSA) is 29.1 Å². The van der Waals surface area contributed by atoms with Crippen LogP contribution >= 0.6 is 0 Å². The zero-order chi connectivity index (χ0) is 9.00. The van der Waals surface area contributed by atoms with E-state index in [4.69, 9.17) is 6.42 Å². The van der Waals surface area contributed by atoms with Crippen LogP contribution in [0, 0.1) is 41.9 Å². The Morgan fingerprint density at radius 3 is 2.77 bits per heavy atom. The zero-order valence-electron chi connectivity index (χ0n) is 7.49. The van der Waals surface area contributed by atoms with Crippen molar-refractivity contribution >= 4 is 5.91 Å². The van der Waals surface area contributed by atoms with Gasteiger partial charge in [0, 0.05) is 18.4 Å². The van der Waals surface area contributed by atoms with Gasteiger partial charge in [-0.05, 0) is 30.6 Å². The number of terminal acetylenes is 1. The average Bonchev–Trinajstić information content (AvgIpc) is 2.75. The van der Waals surface area contributed by atoms with Gasteiger partial charge in [0.2, 0.25) is 5.91 Å². The summed E-state index contributed by atoms with van der Waals surface area (Å²) in [6, 6.07) is 0. The number of carbonyl (C=O) groups is 1. The fraction of sp³-hybridized carbons (Fsp3) is 0.727. The Hall–Kier alpha value is -0.970. The second kappa shape index (κ2) is 2.29. The molecule has 1 N–H and O–H groups in total. The molecule has 68 valence electrons. The van der Waals surface area contributed by atoms with Crippen LogP contribution in [-0.2, 0) is 4.79 Å². The molecule has 1 aliphatic heterocycles. The molecule has 3 aliphatic rings. The lowest BCUT2D eigenvalue weighted by atomic mass is 9.81. The summed E-state index contributed by atoms with van der Waals surface area (Å²) in [5.74, 6) is 5.53. The van der Waals surface area contributed by atoms with Crippen molar-refractivity contribution in [3.8, 4) is 12.3 Å². The van der Waals surface area contributed by atoms with Crippen molar-refractivity contribution in [2.75, 3.05) is 6.54 Å². The summed E-state index contributed by atoms with van der Waals surface area (Å²) in [6.07, 6.45) is 7.94. The van der Waals surface area contributed by atoms with Gasteiger partial charge < -0.3 is 5.32 Å². The zero-order valence-corrected chi connectivity index (χ0v) is 7.49. The second-order valence-corrected chi connectivity index (χ2v) is 4.53. The van der Waals surface area contributed by atoms with Gasteiger partial charge in [0.15, 0.2) is 0 Å². The lowest BCUT2D eigenvalue weighted by molar-refractivity contribution is -0.124. The van der Waals surface area contributed by atoms with Gasteiger partial charge in [-0.25, -0.2) is 0 Å². The first-order chi connectivity index (χ1) is 6.33. The lowest BCUT2D eigenvalue weighted by Gasteiger charge is -2.20. The van der Waals surface area contributed by atoms with Crippen molar-refractivity contribution in [3.63, 3.8) is 0 Å². The largest absolute Gasteiger partial charge is 0.356 e. The van der Waals surface area contributed by atoms with Gasteiger partial charge in [0.05, 0.1) is 0 Å². The molecule has 0 aromatic heterocycles. The van der Waals surface area contributed by atoms with Crippen LogP contribution in [0.1, 0.15) is 12.8 Å². The third-order valence-electron chi connectivity index (χ3n) is 4.24. The third kappa shape index (κ3) is 0.733. The predicted octanol–water partition coefficient (Wildman–Crippen LogP) is 0.638. The lowest BCUT2D eigenvalue weighted by Crippen LogP contribution is -2.25. The van der Waals surface area contributed by atoms with Crippen molar-refractivity contribution in [1.29, 1.82) is 0 Å². The van der Waals surface area contributed by atoms with E-state index in [1.54, 1.807) is 0 Å². The molecule has 0 aromatic carbocycles. The fourth-order valence-electron chi connectivity index (χ4n) is 3.78. The smallest absolute Gasteiger partial charge is 0.223 e. The van der Waals surface area contributed by atoms with E-state index in [1.165, 1.54) is 12.8 Å². The van der Waals surface area contributed by atoms with E-state index in [0.29, 0.717) is 23.7 Å². The van der Waals surface area contributed by atoms with Gasteiger partial charge in [0.1, 0.15) is 0 Å². The first kappa shape index (κ1) is 7.44. The van der Waals surface area contributed by atoms with E-state index in [-0.39, 0.29) is 11.8 Å². The van der Waals surface area contributed by atoms with Crippen LogP contribution in [0.3, 0.4) is 0 Å². The van der Waals surface area contributed by atoms with Gasteiger partial charge in [0.25, 0.3) is 0 Å². The SMILES string of the molecule is C#C[C@@H]1[C@H]2CC[C@@H]1[C@H]1C(=O)NC[C@@H]21. The van der Waals surface area contributed by atoms with E-state index < -0.39 is 0 Å². The summed E-state index contributed by atoms with van der Waals surface area (Å²) >= 11 is 0. The van der Waals surface area contributed by atoms with E-state index in [9.17, 15) is 4.79 Å². The molecule has 3 fully saturated rings. The highest BCUT2D eigenvalue weighted by Crippen LogP contribution is 2.57. The molecule has 2 bridgehead atoms. The molecule has 0 unspecified atom stereocenters. The molecule has 0 radical (unpaired) electrons. The van der Waals surface area contributed by atoms with Crippen molar-refractivity contribution in [2.45, 2.75) is 12.8 Å². The Kier molecular flexibility index (Phi) is 1.31. The number of nitrogens with one attached hydrogen (secondary N) is 1. The Bertz CT molecular complexity index is 304. The predicted molar refractivity (Wildman–Crippen MR) is 48.5 cm³/mol. The maximum Gasteiger partial charge on any atom is 0.223 e. The number of fused-ring (bicyclic) bond motifs is 5. The maximum atomic E-state index is 11.5. The molecule has 2 heteroatoms. The van der Waals surface area contributed by atoms with Gasteiger partial charge in [-0.2, -0.15) is 0 Å². The summed E-state index contributed by atoms with van der Waals surface area (Å²) < 4.78 is 0. The molecule has 2 nitrogen and oxygen atoms in total. The number of carbonyl (C=O) groups excluding carboxylic acids is 1. The first-order valence-electron chi connectivity index (χ1n) is 5.07. The van der Waals surface area contributed by atoms with Gasteiger partial charge in [-0.15, -0.1) is 12.3 Å². The molecule has 1 amide bonds. The molecule has 1 heterocycles. The van der Waals surface area contributed by atoms with Crippen LogP contribution < -0.4 is 5.32 Å². The van der Waals surface area contributed by atoms with Crippen LogP contribution in [0.2, 0.25) is 0 Å². The van der Waals surface area contributed by atoms with Gasteiger partial charge >= 0.3 is 0 Å². The molecule has 0 aromatic rings. The van der Waals surface area contributed by atoms with E-state index in [0.717, 1.165) is 6.54 Å². The van der Waals surface area contributed by atoms with Crippen LogP contribution in [0.5, 0.6) is 0 Å². The average molecular weight is 175 g/mol. The first-order valence-corrected chi connectivity index (χ1v) is 5.07. The normalized spacial score (nSPS) is 51.6. The summed E-state index contributed by atoms with van der Waals surface area (Å²) in [7, 11) is 0. The molecule has 0 spiro atoms. The monoisotopic (exact) mass is 175 g/mol. The Morgan fingerprint density at radius 2 is 2.08 bits per heavy atom. The Balaban J connectivity index is 1.99. The second-order valence-electron chi connectivity index (χ2n) is 4.53. The molecule has 2 aliphatic carbocycles. The molecule has 2 saturated carbocycles. The highest BCUT2D eigenvalue weighted by atomic mass is 16.2. The maximum absolute atomic E-state index is 11.5. The number of rotatable bonds is 0. The van der Waals surface area contributed by atoms with Crippen LogP contribution in [-0.4, -0.2) is 12.5 Å². The van der Waals surface area contributed by atoms with E-state index in [2.05, 4.69) is 11.2 Å². The van der Waals surface area contributed by atoms with Crippen molar-refractivity contribution < 1.29 is 4.79 Å². The highest BCUT2D eigenvalue weighted by Gasteiger charge is 2.58. The summed E-state index contributed by atoms with van der Waals surface area (Å²) in [5.41, 5.74) is 0. The number of amides is 1. The van der Waals surface area contributed by atoms with Crippen molar-refractivity contribution in [1.82, 2.24) is 5.32 Å². The number of hydrogen-bond donors (Lipinski definition) is 1. The van der Waals surface area contributed by atoms with Crippen LogP contribution in [0.4, 0.5) is 0 Å². The summed E-state index contributed by atoms with van der Waals surface area (Å²) in [4.78, 5) is 11.5. The molecule has 1 saturated heterocycles. The standard InChI is InChI=1S/C11H13NO/c1-2-6-7-3-4-8(6)10-9(7)5-12-11(10)13/h1,6-10H,3-5H2,(H,12,13)/t6-,7-,8+,9+,10-/m1/s1. The molecule has 5 atom stereocenters. The van der Waals surface area contributed by atoms with Crippen molar-refractivity contribution in [2.24, 2.45) is 29.6 Å². The third-order valence-corrected chi connectivity index (χ3v) is 4.24. The molecular weight excluding hydrogens is 162 g/mol. The van der Waals surface area contributed by atoms with E-state index >= 15 is 0 Å². The highest BCUT2D eigenvalue weighted by molar-refractivity contribution is 5.82. The molecule has 13 heavy (non-hydrogen) atoms. The Labute approximate surface area is 78.1 Å². The Morgan fingerprint density at radius 1 is 1.31 bits per heavy atom. The van der Waals surface area contributed by atoms with Crippen molar-refractivity contribution in [3.05, 3.63) is 0 Å². The van der Waals surface area contributed by atoms with Gasteiger partial charge in [-0.1, -0.05) is 0 Å². The minimum atomic E-state index is 0.262. The fourth-order valence-corrected chi connectivity index (χ4v) is 3.78. The minimum Gasteiger partial charge on any atom is -0.356 e. The van der Waals surface area contributed by atoms with Crippen LogP contribution in [0.15, 0.2) is 0 Å². The molecule has 3 rings (SSSR count). The van der Waals surface area contributed by atoms with E-state index in [1.807, 2.05) is 0 Å². The quantitative estimate of drug-likeness (QED) is 0.538. The minimum absolute atomic E-state index is 0.262. The van der Waals surface area contributed by atoms with Crippen LogP contribution in [0.25, 0.3) is 0 Å². The number of hydrogen-bond acceptors (Lipinski definition) is 1. The summed E-state index contributed by atoms with van der Waals surface area (Å²) in [6.45, 7) is 0.878.